The Balaban J connectivity index is 2.69. The number of anilines is 2. The maximum absolute atomic E-state index is 5.85. The van der Waals surface area contributed by atoms with Crippen molar-refractivity contribution < 1.29 is 9.47 Å². The molecule has 2 N–H and O–H groups in total. The molecular formula is C11H19N3O2. The molecule has 0 fully saturated rings. The van der Waals surface area contributed by atoms with Crippen LogP contribution < -0.4 is 15.4 Å². The molecule has 90 valence electrons. The van der Waals surface area contributed by atoms with Gasteiger partial charge in [-0.2, -0.15) is 4.98 Å². The number of aromatic nitrogens is 1. The first-order valence-corrected chi connectivity index (χ1v) is 5.28. The lowest BCUT2D eigenvalue weighted by atomic mass is 10.3. The van der Waals surface area contributed by atoms with Crippen molar-refractivity contribution in [2.75, 3.05) is 44.5 Å². The molecule has 0 spiro atoms. The highest BCUT2D eigenvalue weighted by molar-refractivity contribution is 5.63. The number of pyridine rings is 1. The number of rotatable bonds is 6. The maximum atomic E-state index is 5.85. The van der Waals surface area contributed by atoms with Crippen molar-refractivity contribution in [3.8, 4) is 5.88 Å². The van der Waals surface area contributed by atoms with Crippen molar-refractivity contribution in [3.05, 3.63) is 12.1 Å². The number of nitrogens with zero attached hydrogens (tertiary/aromatic N) is 2. The van der Waals surface area contributed by atoms with Gasteiger partial charge >= 0.3 is 0 Å². The van der Waals surface area contributed by atoms with E-state index in [0.717, 1.165) is 19.0 Å². The Morgan fingerprint density at radius 2 is 2.19 bits per heavy atom. The smallest absolute Gasteiger partial charge is 0.215 e. The van der Waals surface area contributed by atoms with Crippen LogP contribution in [0.1, 0.15) is 6.92 Å². The van der Waals surface area contributed by atoms with Crippen molar-refractivity contribution >= 4 is 11.5 Å². The number of nitrogen functional groups attached to an aromatic ring is 1. The van der Waals surface area contributed by atoms with E-state index in [1.807, 2.05) is 18.9 Å². The van der Waals surface area contributed by atoms with E-state index in [1.54, 1.807) is 19.2 Å². The van der Waals surface area contributed by atoms with Crippen LogP contribution in [-0.4, -0.2) is 38.9 Å². The van der Waals surface area contributed by atoms with E-state index >= 15 is 0 Å². The molecule has 0 atom stereocenters. The average molecular weight is 225 g/mol. The quantitative estimate of drug-likeness (QED) is 0.736. The van der Waals surface area contributed by atoms with Crippen LogP contribution in [0.25, 0.3) is 0 Å². The number of hydrogen-bond donors (Lipinski definition) is 1. The number of hydrogen-bond acceptors (Lipinski definition) is 5. The summed E-state index contributed by atoms with van der Waals surface area (Å²) in [7, 11) is 3.51. The minimum Gasteiger partial charge on any atom is -0.481 e. The third-order valence-corrected chi connectivity index (χ3v) is 2.23. The van der Waals surface area contributed by atoms with Crippen LogP contribution in [0.5, 0.6) is 5.88 Å². The normalized spacial score (nSPS) is 10.2. The van der Waals surface area contributed by atoms with E-state index in [4.69, 9.17) is 15.2 Å². The summed E-state index contributed by atoms with van der Waals surface area (Å²) >= 11 is 0. The molecule has 0 aromatic carbocycles. The van der Waals surface area contributed by atoms with E-state index in [2.05, 4.69) is 4.98 Å². The fourth-order valence-electron chi connectivity index (χ4n) is 1.31. The van der Waals surface area contributed by atoms with Gasteiger partial charge in [0, 0.05) is 26.3 Å². The molecule has 0 unspecified atom stereocenters. The minimum atomic E-state index is 0.562. The largest absolute Gasteiger partial charge is 0.481 e. The van der Waals surface area contributed by atoms with Crippen LogP contribution >= 0.6 is 0 Å². The zero-order valence-electron chi connectivity index (χ0n) is 10.1. The van der Waals surface area contributed by atoms with Gasteiger partial charge in [-0.25, -0.2) is 0 Å². The van der Waals surface area contributed by atoms with E-state index in [0.29, 0.717) is 18.2 Å². The van der Waals surface area contributed by atoms with Gasteiger partial charge in [-0.1, -0.05) is 0 Å². The van der Waals surface area contributed by atoms with E-state index in [1.165, 1.54) is 0 Å². The summed E-state index contributed by atoms with van der Waals surface area (Å²) in [6.45, 7) is 4.09. The SMILES string of the molecule is CCOCCN(C)c1nc(OC)ccc1N. The van der Waals surface area contributed by atoms with Crippen LogP contribution in [0, 0.1) is 0 Å². The Bertz CT molecular complexity index is 331. The van der Waals surface area contributed by atoms with Gasteiger partial charge in [-0.15, -0.1) is 0 Å². The fourth-order valence-corrected chi connectivity index (χ4v) is 1.31. The number of nitrogens with two attached hydrogens (primary N) is 1. The average Bonchev–Trinajstić information content (AvgIpc) is 2.30. The summed E-state index contributed by atoms with van der Waals surface area (Å²) in [5.74, 6) is 1.28. The van der Waals surface area contributed by atoms with Crippen LogP contribution in [0.15, 0.2) is 12.1 Å². The molecule has 5 heteroatoms. The predicted molar refractivity (Wildman–Crippen MR) is 65.0 cm³/mol. The molecule has 1 rings (SSSR count). The Morgan fingerprint density at radius 3 is 2.81 bits per heavy atom. The summed E-state index contributed by atoms with van der Waals surface area (Å²) in [5.41, 5.74) is 6.49. The molecule has 0 saturated heterocycles. The van der Waals surface area contributed by atoms with E-state index < -0.39 is 0 Å². The number of methoxy groups -OCH3 is 1. The van der Waals surface area contributed by atoms with Crippen LogP contribution in [0.2, 0.25) is 0 Å². The van der Waals surface area contributed by atoms with Gasteiger partial charge in [0.1, 0.15) is 0 Å². The molecule has 0 bridgehead atoms. The van der Waals surface area contributed by atoms with E-state index in [9.17, 15) is 0 Å². The molecule has 0 aliphatic rings. The monoisotopic (exact) mass is 225 g/mol. The lowest BCUT2D eigenvalue weighted by Gasteiger charge is -2.20. The molecule has 0 amide bonds. The van der Waals surface area contributed by atoms with Crippen molar-refractivity contribution in [2.24, 2.45) is 0 Å². The van der Waals surface area contributed by atoms with Gasteiger partial charge in [-0.3, -0.25) is 0 Å². The zero-order chi connectivity index (χ0) is 12.0. The molecule has 0 radical (unpaired) electrons. The van der Waals surface area contributed by atoms with Crippen molar-refractivity contribution in [1.29, 1.82) is 0 Å². The molecule has 1 heterocycles. The topological polar surface area (TPSA) is 60.6 Å². The summed E-state index contributed by atoms with van der Waals surface area (Å²) in [5, 5.41) is 0. The second-order valence-corrected chi connectivity index (χ2v) is 3.38. The first-order valence-electron chi connectivity index (χ1n) is 5.28. The van der Waals surface area contributed by atoms with E-state index in [-0.39, 0.29) is 0 Å². The summed E-state index contributed by atoms with van der Waals surface area (Å²) in [4.78, 5) is 6.24. The molecule has 0 saturated carbocycles. The Labute approximate surface area is 96.2 Å². The summed E-state index contributed by atoms with van der Waals surface area (Å²) < 4.78 is 10.3. The van der Waals surface area contributed by atoms with Gasteiger partial charge < -0.3 is 20.1 Å². The third-order valence-electron chi connectivity index (χ3n) is 2.23. The molecule has 16 heavy (non-hydrogen) atoms. The van der Waals surface area contributed by atoms with Crippen LogP contribution in [0.4, 0.5) is 11.5 Å². The van der Waals surface area contributed by atoms with Gasteiger partial charge in [0.05, 0.1) is 19.4 Å². The lowest BCUT2D eigenvalue weighted by Crippen LogP contribution is -2.24. The molecule has 1 aromatic rings. The van der Waals surface area contributed by atoms with Crippen molar-refractivity contribution in [3.63, 3.8) is 0 Å². The second-order valence-electron chi connectivity index (χ2n) is 3.38. The second kappa shape index (κ2) is 6.17. The number of ether oxygens (including phenoxy) is 2. The lowest BCUT2D eigenvalue weighted by molar-refractivity contribution is 0.154. The highest BCUT2D eigenvalue weighted by atomic mass is 16.5. The Hall–Kier alpha value is -1.49. The Kier molecular flexibility index (Phi) is 4.85. The standard InChI is InChI=1S/C11H19N3O2/c1-4-16-8-7-14(2)11-9(12)5-6-10(13-11)15-3/h5-6H,4,7-8,12H2,1-3H3. The van der Waals surface area contributed by atoms with Crippen molar-refractivity contribution in [2.45, 2.75) is 6.92 Å². The maximum Gasteiger partial charge on any atom is 0.215 e. The first kappa shape index (κ1) is 12.6. The van der Waals surface area contributed by atoms with Gasteiger partial charge in [-0.05, 0) is 13.0 Å². The molecule has 5 nitrogen and oxygen atoms in total. The molecular weight excluding hydrogens is 206 g/mol. The zero-order valence-corrected chi connectivity index (χ0v) is 10.1. The van der Waals surface area contributed by atoms with Crippen LogP contribution in [-0.2, 0) is 4.74 Å². The number of likely N-dealkylation sites (N-methyl/N-ethyl adjacent to an activating group) is 1. The molecule has 1 aromatic heterocycles. The van der Waals surface area contributed by atoms with Crippen molar-refractivity contribution in [1.82, 2.24) is 4.98 Å². The van der Waals surface area contributed by atoms with Gasteiger partial charge in [0.25, 0.3) is 0 Å². The predicted octanol–water partition coefficient (Wildman–Crippen LogP) is 1.15. The van der Waals surface area contributed by atoms with Gasteiger partial charge in [0.15, 0.2) is 5.82 Å². The highest BCUT2D eigenvalue weighted by Gasteiger charge is 2.08. The first-order chi connectivity index (χ1) is 7.69. The highest BCUT2D eigenvalue weighted by Crippen LogP contribution is 2.22. The van der Waals surface area contributed by atoms with Crippen LogP contribution in [0.3, 0.4) is 0 Å². The fraction of sp³-hybridized carbons (Fsp3) is 0.545. The minimum absolute atomic E-state index is 0.562. The third kappa shape index (κ3) is 3.27. The molecule has 0 aliphatic carbocycles. The Morgan fingerprint density at radius 1 is 1.44 bits per heavy atom. The summed E-state index contributed by atoms with van der Waals surface area (Å²) in [6, 6.07) is 3.54. The molecule has 0 aliphatic heterocycles. The summed E-state index contributed by atoms with van der Waals surface area (Å²) in [6.07, 6.45) is 0. The van der Waals surface area contributed by atoms with Gasteiger partial charge in [0.2, 0.25) is 5.88 Å².